The Morgan fingerprint density at radius 3 is 2.70 bits per heavy atom. The zero-order chi connectivity index (χ0) is 19.6. The molecule has 1 aliphatic heterocycles. The van der Waals surface area contributed by atoms with E-state index in [1.807, 2.05) is 18.2 Å². The van der Waals surface area contributed by atoms with Gasteiger partial charge in [0.15, 0.2) is 0 Å². The molecule has 6 heteroatoms. The summed E-state index contributed by atoms with van der Waals surface area (Å²) in [5, 5.41) is 9.90. The zero-order valence-corrected chi connectivity index (χ0v) is 15.3. The fourth-order valence-electron chi connectivity index (χ4n) is 2.79. The first kappa shape index (κ1) is 18.4. The Kier molecular flexibility index (Phi) is 5.11. The maximum absolute atomic E-state index is 12.7. The quantitative estimate of drug-likeness (QED) is 0.449. The topological polar surface area (TPSA) is 74.3 Å². The number of hydrogen-bond acceptors (Lipinski definition) is 4. The highest BCUT2D eigenvalue weighted by Crippen LogP contribution is 2.29. The summed E-state index contributed by atoms with van der Waals surface area (Å²) < 4.78 is 5.80. The molecule has 134 valence electrons. The SMILES string of the molecule is C=CCN1C(=O)C(C#N)=C(C)/C(=C\c2ccc(-c3cccc(Cl)c3)o2)C1=O. The van der Waals surface area contributed by atoms with E-state index in [1.54, 1.807) is 31.2 Å². The minimum atomic E-state index is -0.615. The Morgan fingerprint density at radius 1 is 1.26 bits per heavy atom. The van der Waals surface area contributed by atoms with Gasteiger partial charge in [0.1, 0.15) is 23.2 Å². The van der Waals surface area contributed by atoms with Crippen LogP contribution in [0.2, 0.25) is 5.02 Å². The maximum Gasteiger partial charge on any atom is 0.271 e. The highest BCUT2D eigenvalue weighted by molar-refractivity contribution is 6.30. The standard InChI is InChI=1S/C21H15ClN2O3/c1-3-9-24-20(25)17(13(2)18(12-23)21(24)26)11-16-7-8-19(27-16)14-5-4-6-15(22)10-14/h3-8,10-11H,1,9H2,2H3/b17-11+. The first-order valence-corrected chi connectivity index (χ1v) is 8.50. The lowest BCUT2D eigenvalue weighted by Crippen LogP contribution is -2.42. The molecular formula is C21H15ClN2O3. The van der Waals surface area contributed by atoms with E-state index in [1.165, 1.54) is 12.2 Å². The summed E-state index contributed by atoms with van der Waals surface area (Å²) in [6, 6.07) is 12.6. The van der Waals surface area contributed by atoms with E-state index in [9.17, 15) is 14.9 Å². The van der Waals surface area contributed by atoms with Crippen LogP contribution in [0, 0.1) is 11.3 Å². The van der Waals surface area contributed by atoms with E-state index < -0.39 is 11.8 Å². The van der Waals surface area contributed by atoms with Crippen LogP contribution in [0.25, 0.3) is 17.4 Å². The number of nitrogens with zero attached hydrogens (tertiary/aromatic N) is 2. The molecule has 0 bridgehead atoms. The molecule has 27 heavy (non-hydrogen) atoms. The second-order valence-electron chi connectivity index (χ2n) is 5.89. The van der Waals surface area contributed by atoms with Gasteiger partial charge in [-0.25, -0.2) is 0 Å². The lowest BCUT2D eigenvalue weighted by molar-refractivity contribution is -0.139. The van der Waals surface area contributed by atoms with E-state index in [4.69, 9.17) is 16.0 Å². The van der Waals surface area contributed by atoms with E-state index in [-0.39, 0.29) is 17.7 Å². The van der Waals surface area contributed by atoms with Gasteiger partial charge in [-0.15, -0.1) is 6.58 Å². The number of amides is 2. The molecule has 1 aromatic heterocycles. The molecule has 0 saturated heterocycles. The van der Waals surface area contributed by atoms with Gasteiger partial charge >= 0.3 is 0 Å². The van der Waals surface area contributed by atoms with Crippen LogP contribution < -0.4 is 0 Å². The van der Waals surface area contributed by atoms with Crippen molar-refractivity contribution in [2.75, 3.05) is 6.54 Å². The van der Waals surface area contributed by atoms with Gasteiger partial charge < -0.3 is 4.42 Å². The summed E-state index contributed by atoms with van der Waals surface area (Å²) in [5.74, 6) is -0.0835. The molecule has 0 saturated carbocycles. The van der Waals surface area contributed by atoms with Gasteiger partial charge in [-0.2, -0.15) is 5.26 Å². The molecule has 0 fully saturated rings. The summed E-state index contributed by atoms with van der Waals surface area (Å²) in [4.78, 5) is 26.0. The largest absolute Gasteiger partial charge is 0.457 e. The number of halogens is 1. The van der Waals surface area contributed by atoms with Crippen molar-refractivity contribution in [2.45, 2.75) is 6.92 Å². The minimum absolute atomic E-state index is 0.0272. The number of imide groups is 1. The maximum atomic E-state index is 12.7. The summed E-state index contributed by atoms with van der Waals surface area (Å²) in [7, 11) is 0. The number of carbonyl (C=O) groups is 2. The molecule has 0 aliphatic carbocycles. The third kappa shape index (κ3) is 3.48. The number of rotatable bonds is 4. The Bertz CT molecular complexity index is 1050. The number of nitriles is 1. The van der Waals surface area contributed by atoms with Crippen LogP contribution in [-0.2, 0) is 9.59 Å². The Hall–Kier alpha value is -3.36. The van der Waals surface area contributed by atoms with Crippen LogP contribution in [-0.4, -0.2) is 23.3 Å². The summed E-state index contributed by atoms with van der Waals surface area (Å²) in [6.45, 7) is 5.16. The molecular weight excluding hydrogens is 364 g/mol. The number of carbonyl (C=O) groups excluding carboxylic acids is 2. The Labute approximate surface area is 161 Å². The summed E-state index contributed by atoms with van der Waals surface area (Å²) in [6.07, 6.45) is 2.97. The zero-order valence-electron chi connectivity index (χ0n) is 14.5. The van der Waals surface area contributed by atoms with Crippen molar-refractivity contribution in [1.82, 2.24) is 4.90 Å². The van der Waals surface area contributed by atoms with E-state index in [0.717, 1.165) is 10.5 Å². The van der Waals surface area contributed by atoms with Crippen LogP contribution in [0.1, 0.15) is 12.7 Å². The van der Waals surface area contributed by atoms with Crippen LogP contribution in [0.15, 0.2) is 70.2 Å². The molecule has 0 radical (unpaired) electrons. The molecule has 2 heterocycles. The van der Waals surface area contributed by atoms with Crippen LogP contribution in [0.4, 0.5) is 0 Å². The van der Waals surface area contributed by atoms with Gasteiger partial charge in [0.05, 0.1) is 0 Å². The van der Waals surface area contributed by atoms with Gasteiger partial charge in [-0.05, 0) is 42.8 Å². The fourth-order valence-corrected chi connectivity index (χ4v) is 2.98. The monoisotopic (exact) mass is 378 g/mol. The van der Waals surface area contributed by atoms with Crippen molar-refractivity contribution in [3.63, 3.8) is 0 Å². The average molecular weight is 379 g/mol. The first-order valence-electron chi connectivity index (χ1n) is 8.12. The van der Waals surface area contributed by atoms with Crippen molar-refractivity contribution in [2.24, 2.45) is 0 Å². The summed E-state index contributed by atoms with van der Waals surface area (Å²) in [5.41, 5.74) is 1.30. The van der Waals surface area contributed by atoms with Crippen molar-refractivity contribution in [3.8, 4) is 17.4 Å². The summed E-state index contributed by atoms with van der Waals surface area (Å²) >= 11 is 6.01. The highest BCUT2D eigenvalue weighted by Gasteiger charge is 2.34. The number of hydrogen-bond donors (Lipinski definition) is 0. The van der Waals surface area contributed by atoms with Crippen LogP contribution in [0.3, 0.4) is 0 Å². The second-order valence-corrected chi connectivity index (χ2v) is 6.33. The Balaban J connectivity index is 2.04. The molecule has 2 aromatic rings. The second kappa shape index (κ2) is 7.48. The lowest BCUT2D eigenvalue weighted by Gasteiger charge is -2.26. The van der Waals surface area contributed by atoms with Gasteiger partial charge in [-0.3, -0.25) is 14.5 Å². The first-order chi connectivity index (χ1) is 13.0. The molecule has 1 aliphatic rings. The number of benzene rings is 1. The van der Waals surface area contributed by atoms with Crippen molar-refractivity contribution >= 4 is 29.5 Å². The minimum Gasteiger partial charge on any atom is -0.457 e. The molecule has 0 unspecified atom stereocenters. The predicted octanol–water partition coefficient (Wildman–Crippen LogP) is 4.38. The van der Waals surface area contributed by atoms with E-state index >= 15 is 0 Å². The number of furan rings is 1. The molecule has 5 nitrogen and oxygen atoms in total. The fraction of sp³-hybridized carbons (Fsp3) is 0.0952. The van der Waals surface area contributed by atoms with E-state index in [2.05, 4.69) is 6.58 Å². The van der Waals surface area contributed by atoms with Gasteiger partial charge in [0.25, 0.3) is 11.8 Å². The molecule has 0 spiro atoms. The van der Waals surface area contributed by atoms with Crippen molar-refractivity contribution < 1.29 is 14.0 Å². The molecule has 3 rings (SSSR count). The smallest absolute Gasteiger partial charge is 0.271 e. The van der Waals surface area contributed by atoms with Crippen molar-refractivity contribution in [1.29, 1.82) is 5.26 Å². The van der Waals surface area contributed by atoms with Crippen molar-refractivity contribution in [3.05, 3.63) is 76.6 Å². The molecule has 2 amide bonds. The van der Waals surface area contributed by atoms with Gasteiger partial charge in [-0.1, -0.05) is 29.8 Å². The third-order valence-corrected chi connectivity index (χ3v) is 4.39. The highest BCUT2D eigenvalue weighted by atomic mass is 35.5. The normalized spacial score (nSPS) is 16.0. The molecule has 0 N–H and O–H groups in total. The molecule has 1 aromatic carbocycles. The molecule has 0 atom stereocenters. The van der Waals surface area contributed by atoms with E-state index in [0.29, 0.717) is 22.1 Å². The van der Waals surface area contributed by atoms with Gasteiger partial charge in [0, 0.05) is 22.7 Å². The van der Waals surface area contributed by atoms with Gasteiger partial charge in [0.2, 0.25) is 0 Å². The third-order valence-electron chi connectivity index (χ3n) is 4.16. The predicted molar refractivity (Wildman–Crippen MR) is 102 cm³/mol. The van der Waals surface area contributed by atoms with Crippen LogP contribution in [0.5, 0.6) is 0 Å². The average Bonchev–Trinajstić information content (AvgIpc) is 3.11. The Morgan fingerprint density at radius 2 is 2.04 bits per heavy atom. The van der Waals surface area contributed by atoms with Crippen LogP contribution >= 0.6 is 11.6 Å². The lowest BCUT2D eigenvalue weighted by atomic mass is 9.94.